The van der Waals surface area contributed by atoms with Crippen molar-refractivity contribution >= 4 is 40.6 Å². The van der Waals surface area contributed by atoms with Crippen LogP contribution in [-0.4, -0.2) is 74.1 Å². The van der Waals surface area contributed by atoms with Gasteiger partial charge in [0, 0.05) is 57.6 Å². The molecular weight excluding hydrogens is 482 g/mol. The molecule has 0 saturated carbocycles. The quantitative estimate of drug-likeness (QED) is 0.345. The molecule has 2 fully saturated rings. The van der Waals surface area contributed by atoms with Crippen molar-refractivity contribution in [3.63, 3.8) is 0 Å². The molecule has 2 N–H and O–H groups in total. The zero-order chi connectivity index (χ0) is 25.3. The molecule has 0 amide bonds. The normalized spacial score (nSPS) is 15.9. The second-order valence-corrected chi connectivity index (χ2v) is 9.70. The predicted octanol–water partition coefficient (Wildman–Crippen LogP) is 3.56. The van der Waals surface area contributed by atoms with E-state index in [0.717, 1.165) is 70.3 Å². The van der Waals surface area contributed by atoms with Crippen LogP contribution in [0.5, 0.6) is 0 Å². The van der Waals surface area contributed by atoms with Gasteiger partial charge < -0.3 is 30.1 Å². The van der Waals surface area contributed by atoms with E-state index in [-0.39, 0.29) is 0 Å². The molecule has 2 aliphatic rings. The predicted molar refractivity (Wildman–Crippen MR) is 155 cm³/mol. The second kappa shape index (κ2) is 12.7. The van der Waals surface area contributed by atoms with Crippen molar-refractivity contribution in [1.29, 1.82) is 0 Å². The zero-order valence-corrected chi connectivity index (χ0v) is 22.0. The molecule has 3 aromatic rings. The fourth-order valence-corrected chi connectivity index (χ4v) is 4.91. The number of aromatic nitrogens is 2. The van der Waals surface area contributed by atoms with Crippen LogP contribution in [0.25, 0.3) is 0 Å². The zero-order valence-electron chi connectivity index (χ0n) is 21.2. The number of morpholine rings is 1. The summed E-state index contributed by atoms with van der Waals surface area (Å²) < 4.78 is 5.56. The molecular formula is C28H35N7OS. The summed E-state index contributed by atoms with van der Waals surface area (Å²) in [4.78, 5) is 16.7. The molecule has 0 atom stereocenters. The first-order valence-corrected chi connectivity index (χ1v) is 13.5. The molecule has 5 rings (SSSR count). The van der Waals surface area contributed by atoms with Crippen LogP contribution < -0.4 is 25.3 Å². The summed E-state index contributed by atoms with van der Waals surface area (Å²) in [6.07, 6.45) is 2.01. The highest BCUT2D eigenvalue weighted by Crippen LogP contribution is 2.24. The highest BCUT2D eigenvalue weighted by Gasteiger charge is 2.22. The van der Waals surface area contributed by atoms with Crippen molar-refractivity contribution < 1.29 is 4.74 Å². The number of nitrogens with one attached hydrogen (secondary N) is 2. The summed E-state index contributed by atoms with van der Waals surface area (Å²) in [5.41, 5.74) is 2.60. The molecule has 2 saturated heterocycles. The number of thiocarbonyl (C=S) groups is 1. The van der Waals surface area contributed by atoms with Crippen molar-refractivity contribution in [2.75, 3.05) is 79.0 Å². The van der Waals surface area contributed by atoms with Crippen molar-refractivity contribution in [2.24, 2.45) is 0 Å². The highest BCUT2D eigenvalue weighted by atomic mass is 32.1. The summed E-state index contributed by atoms with van der Waals surface area (Å²) >= 11 is 5.58. The molecule has 0 spiro atoms. The van der Waals surface area contributed by atoms with Gasteiger partial charge in [-0.25, -0.2) is 0 Å². The molecule has 9 heteroatoms. The van der Waals surface area contributed by atoms with E-state index in [1.165, 1.54) is 11.3 Å². The maximum Gasteiger partial charge on any atom is 0.232 e. The Hall–Kier alpha value is -3.43. The summed E-state index contributed by atoms with van der Waals surface area (Å²) in [5.74, 6) is 2.37. The van der Waals surface area contributed by atoms with Crippen LogP contribution in [-0.2, 0) is 11.2 Å². The molecule has 8 nitrogen and oxygen atoms in total. The number of ether oxygens (including phenoxy) is 1. The van der Waals surface area contributed by atoms with Gasteiger partial charge in [0.2, 0.25) is 5.95 Å². The van der Waals surface area contributed by atoms with Gasteiger partial charge in [-0.05, 0) is 42.8 Å². The van der Waals surface area contributed by atoms with Crippen LogP contribution in [0.2, 0.25) is 0 Å². The lowest BCUT2D eigenvalue weighted by Gasteiger charge is -2.37. The summed E-state index contributed by atoms with van der Waals surface area (Å²) in [6, 6.07) is 23.2. The van der Waals surface area contributed by atoms with Crippen molar-refractivity contribution in [1.82, 2.24) is 15.3 Å². The molecule has 2 aliphatic heterocycles. The third-order valence-corrected chi connectivity index (χ3v) is 7.00. The van der Waals surface area contributed by atoms with Gasteiger partial charge in [0.05, 0.1) is 13.2 Å². The SMILES string of the molecule is S=C(NCCCc1ccccc1)Nc1nc(N2CCOCC2)cc(N2CCN(c3ccccc3)CC2)n1. The molecule has 1 aromatic heterocycles. The van der Waals surface area contributed by atoms with Gasteiger partial charge in [0.15, 0.2) is 5.11 Å². The number of nitrogens with zero attached hydrogens (tertiary/aromatic N) is 5. The molecule has 3 heterocycles. The van der Waals surface area contributed by atoms with E-state index in [0.29, 0.717) is 24.3 Å². The third kappa shape index (κ3) is 7.08. The summed E-state index contributed by atoms with van der Waals surface area (Å²) in [6.45, 7) is 7.54. The van der Waals surface area contributed by atoms with E-state index in [9.17, 15) is 0 Å². The largest absolute Gasteiger partial charge is 0.378 e. The van der Waals surface area contributed by atoms with Gasteiger partial charge in [-0.3, -0.25) is 0 Å². The lowest BCUT2D eigenvalue weighted by Crippen LogP contribution is -2.47. The molecule has 0 bridgehead atoms. The Balaban J connectivity index is 1.22. The fraction of sp³-hybridized carbons (Fsp3) is 0.393. The van der Waals surface area contributed by atoms with Crippen LogP contribution in [0, 0.1) is 0 Å². The Morgan fingerprint density at radius 1 is 0.784 bits per heavy atom. The number of hydrogen-bond donors (Lipinski definition) is 2. The number of rotatable bonds is 8. The molecule has 194 valence electrons. The maximum absolute atomic E-state index is 5.58. The Labute approximate surface area is 224 Å². The Kier molecular flexibility index (Phi) is 8.66. The third-order valence-electron chi connectivity index (χ3n) is 6.76. The van der Waals surface area contributed by atoms with E-state index in [4.69, 9.17) is 26.9 Å². The topological polar surface area (TPSA) is 68.8 Å². The Morgan fingerprint density at radius 3 is 2.05 bits per heavy atom. The summed E-state index contributed by atoms with van der Waals surface area (Å²) in [7, 11) is 0. The van der Waals surface area contributed by atoms with Crippen LogP contribution in [0.1, 0.15) is 12.0 Å². The molecule has 0 unspecified atom stereocenters. The lowest BCUT2D eigenvalue weighted by molar-refractivity contribution is 0.122. The average Bonchev–Trinajstić information content (AvgIpc) is 2.97. The summed E-state index contributed by atoms with van der Waals surface area (Å²) in [5, 5.41) is 7.10. The van der Waals surface area contributed by atoms with E-state index < -0.39 is 0 Å². The number of anilines is 4. The standard InChI is InChI=1S/C28H35N7OS/c37-28(29-13-7-10-23-8-3-1-4-9-23)32-27-30-25(22-26(31-27)35-18-20-36-21-19-35)34-16-14-33(15-17-34)24-11-5-2-6-12-24/h1-6,8-9,11-12,22H,7,10,13-21H2,(H2,29,30,31,32,37). The van der Waals surface area contributed by atoms with Gasteiger partial charge in [0.1, 0.15) is 11.6 Å². The first-order valence-electron chi connectivity index (χ1n) is 13.1. The van der Waals surface area contributed by atoms with Crippen molar-refractivity contribution in [3.8, 4) is 0 Å². The highest BCUT2D eigenvalue weighted by molar-refractivity contribution is 7.80. The minimum Gasteiger partial charge on any atom is -0.378 e. The van der Waals surface area contributed by atoms with Crippen LogP contribution in [0.3, 0.4) is 0 Å². The van der Waals surface area contributed by atoms with Gasteiger partial charge >= 0.3 is 0 Å². The van der Waals surface area contributed by atoms with Crippen molar-refractivity contribution in [3.05, 3.63) is 72.3 Å². The smallest absolute Gasteiger partial charge is 0.232 e. The Morgan fingerprint density at radius 2 is 1.38 bits per heavy atom. The van der Waals surface area contributed by atoms with E-state index in [1.54, 1.807) is 0 Å². The molecule has 0 aliphatic carbocycles. The molecule has 2 aromatic carbocycles. The number of hydrogen-bond acceptors (Lipinski definition) is 7. The van der Waals surface area contributed by atoms with Crippen LogP contribution in [0.15, 0.2) is 66.7 Å². The first kappa shape index (κ1) is 25.2. The fourth-order valence-electron chi connectivity index (χ4n) is 4.71. The van der Waals surface area contributed by atoms with Gasteiger partial charge in [-0.1, -0.05) is 48.5 Å². The Bertz CT molecular complexity index is 1130. The second-order valence-electron chi connectivity index (χ2n) is 9.29. The monoisotopic (exact) mass is 517 g/mol. The van der Waals surface area contributed by atoms with Crippen LogP contribution in [0.4, 0.5) is 23.3 Å². The molecule has 0 radical (unpaired) electrons. The number of aryl methyl sites for hydroxylation is 1. The number of para-hydroxylation sites is 1. The van der Waals surface area contributed by atoms with Gasteiger partial charge in [-0.2, -0.15) is 9.97 Å². The lowest BCUT2D eigenvalue weighted by atomic mass is 10.1. The first-order chi connectivity index (χ1) is 18.2. The number of benzene rings is 2. The average molecular weight is 518 g/mol. The van der Waals surface area contributed by atoms with Crippen LogP contribution >= 0.6 is 12.2 Å². The van der Waals surface area contributed by atoms with Gasteiger partial charge in [-0.15, -0.1) is 0 Å². The maximum atomic E-state index is 5.58. The minimum atomic E-state index is 0.532. The number of piperazine rings is 1. The van der Waals surface area contributed by atoms with Crippen molar-refractivity contribution in [2.45, 2.75) is 12.8 Å². The van der Waals surface area contributed by atoms with E-state index >= 15 is 0 Å². The van der Waals surface area contributed by atoms with E-state index in [2.05, 4.69) is 86.0 Å². The van der Waals surface area contributed by atoms with E-state index in [1.807, 2.05) is 6.07 Å². The minimum absolute atomic E-state index is 0.532. The molecule has 37 heavy (non-hydrogen) atoms. The van der Waals surface area contributed by atoms with Gasteiger partial charge in [0.25, 0.3) is 0 Å².